The number of hydrogen-bond donors (Lipinski definition) is 1. The van der Waals surface area contributed by atoms with Crippen LogP contribution in [-0.2, 0) is 26.0 Å². The molecule has 2 atom stereocenters. The molecule has 186 valence electrons. The van der Waals surface area contributed by atoms with Crippen molar-refractivity contribution in [3.05, 3.63) is 41.6 Å². The number of nitrogens with zero attached hydrogens (tertiary/aromatic N) is 2. The smallest absolute Gasteiger partial charge is 0.418 e. The Hall–Kier alpha value is -2.88. The number of ether oxygens (including phenoxy) is 2. The Kier molecular flexibility index (Phi) is 7.12. The predicted molar refractivity (Wildman–Crippen MR) is 120 cm³/mol. The van der Waals surface area contributed by atoms with Crippen molar-refractivity contribution in [3.8, 4) is 0 Å². The molecule has 1 N–H and O–H groups in total. The third-order valence-electron chi connectivity index (χ3n) is 5.82. The highest BCUT2D eigenvalue weighted by atomic mass is 19.4. The highest BCUT2D eigenvalue weighted by Gasteiger charge is 2.48. The summed E-state index contributed by atoms with van der Waals surface area (Å²) in [5, 5.41) is 3.53. The van der Waals surface area contributed by atoms with Gasteiger partial charge in [-0.2, -0.15) is 13.2 Å². The van der Waals surface area contributed by atoms with Gasteiger partial charge in [-0.3, -0.25) is 14.7 Å². The Morgan fingerprint density at radius 2 is 1.94 bits per heavy atom. The normalized spacial score (nSPS) is 21.2. The molecule has 2 heterocycles. The third-order valence-corrected chi connectivity index (χ3v) is 5.82. The van der Waals surface area contributed by atoms with E-state index in [1.54, 1.807) is 32.9 Å². The van der Waals surface area contributed by atoms with Crippen molar-refractivity contribution >= 4 is 23.0 Å². The number of piperidine rings is 1. The number of aromatic nitrogens is 1. The highest BCUT2D eigenvalue weighted by Crippen LogP contribution is 2.43. The Balaban J connectivity index is 2.29. The highest BCUT2D eigenvalue weighted by molar-refractivity contribution is 5.88. The second kappa shape index (κ2) is 9.40. The maximum absolute atomic E-state index is 13.7. The SMILES string of the molecule is COC(=O)CN(C(=O)OC(C)(C)C)[C@]1(c2ccc(C(F)(F)F)c3ncccc23)CNC[C@@H](C)C1. The van der Waals surface area contributed by atoms with E-state index < -0.39 is 41.5 Å². The van der Waals surface area contributed by atoms with Crippen molar-refractivity contribution in [1.82, 2.24) is 15.2 Å². The standard InChI is InChI=1S/C24H30F3N3O4/c1-15-11-23(14-28-12-15,30(13-19(31)33-5)21(32)34-22(2,3)4)17-8-9-18(24(25,26)27)20-16(17)7-6-10-29-20/h6-10,15,28H,11-14H2,1-5H3/t15-,23-/m0/s1. The van der Waals surface area contributed by atoms with Gasteiger partial charge in [-0.15, -0.1) is 0 Å². The zero-order chi connectivity index (χ0) is 25.3. The van der Waals surface area contributed by atoms with Crippen molar-refractivity contribution in [2.45, 2.75) is 51.4 Å². The summed E-state index contributed by atoms with van der Waals surface area (Å²) in [7, 11) is 1.21. The lowest BCUT2D eigenvalue weighted by Gasteiger charge is -2.48. The molecular weight excluding hydrogens is 451 g/mol. The van der Waals surface area contributed by atoms with Gasteiger partial charge >= 0.3 is 18.2 Å². The van der Waals surface area contributed by atoms with Gasteiger partial charge in [0.2, 0.25) is 0 Å². The number of methoxy groups -OCH3 is 1. The Labute approximate surface area is 196 Å². The quantitative estimate of drug-likeness (QED) is 0.649. The van der Waals surface area contributed by atoms with E-state index in [9.17, 15) is 22.8 Å². The van der Waals surface area contributed by atoms with Crippen LogP contribution in [0.25, 0.3) is 10.9 Å². The van der Waals surface area contributed by atoms with E-state index in [1.807, 2.05) is 6.92 Å². The lowest BCUT2D eigenvalue weighted by molar-refractivity contribution is -0.144. The van der Waals surface area contributed by atoms with Crippen LogP contribution in [0.3, 0.4) is 0 Å². The summed E-state index contributed by atoms with van der Waals surface area (Å²) in [5.41, 5.74) is -2.66. The average molecular weight is 482 g/mol. The molecule has 0 radical (unpaired) electrons. The van der Waals surface area contributed by atoms with Gasteiger partial charge in [0.25, 0.3) is 0 Å². The molecule has 1 amide bonds. The number of halogens is 3. The van der Waals surface area contributed by atoms with Crippen LogP contribution in [0.15, 0.2) is 30.5 Å². The first-order chi connectivity index (χ1) is 15.8. The number of rotatable bonds is 4. The second-order valence-electron chi connectivity index (χ2n) is 9.67. The van der Waals surface area contributed by atoms with Crippen LogP contribution in [0.1, 0.15) is 45.2 Å². The fraction of sp³-hybridized carbons (Fsp3) is 0.542. The number of carbonyl (C=O) groups excluding carboxylic acids is 2. The molecule has 1 aliphatic heterocycles. The zero-order valence-electron chi connectivity index (χ0n) is 20.0. The Bertz CT molecular complexity index is 1070. The lowest BCUT2D eigenvalue weighted by atomic mass is 9.76. The number of hydrogen-bond acceptors (Lipinski definition) is 6. The van der Waals surface area contributed by atoms with Crippen molar-refractivity contribution in [1.29, 1.82) is 0 Å². The van der Waals surface area contributed by atoms with E-state index in [0.717, 1.165) is 6.07 Å². The molecule has 1 saturated heterocycles. The summed E-state index contributed by atoms with van der Waals surface area (Å²) in [6.45, 7) is 7.51. The third kappa shape index (κ3) is 5.27. The predicted octanol–water partition coefficient (Wildman–Crippen LogP) is 4.49. The number of carbonyl (C=O) groups is 2. The van der Waals surface area contributed by atoms with Crippen molar-refractivity contribution < 1.29 is 32.2 Å². The van der Waals surface area contributed by atoms with Crippen molar-refractivity contribution in [2.75, 3.05) is 26.7 Å². The minimum atomic E-state index is -4.60. The number of alkyl halides is 3. The number of nitrogens with one attached hydrogen (secondary N) is 1. The Morgan fingerprint density at radius 1 is 1.24 bits per heavy atom. The van der Waals surface area contributed by atoms with E-state index in [0.29, 0.717) is 18.5 Å². The molecule has 3 rings (SSSR count). The molecule has 0 aliphatic carbocycles. The second-order valence-corrected chi connectivity index (χ2v) is 9.67. The van der Waals surface area contributed by atoms with E-state index in [2.05, 4.69) is 10.3 Å². The van der Waals surface area contributed by atoms with Gasteiger partial charge < -0.3 is 14.8 Å². The van der Waals surface area contributed by atoms with Gasteiger partial charge in [0.1, 0.15) is 12.1 Å². The summed E-state index contributed by atoms with van der Waals surface area (Å²) in [4.78, 5) is 31.1. The first-order valence-electron chi connectivity index (χ1n) is 11.0. The summed E-state index contributed by atoms with van der Waals surface area (Å²) in [6, 6.07) is 5.47. The number of amides is 1. The molecule has 0 saturated carbocycles. The van der Waals surface area contributed by atoms with Gasteiger partial charge in [-0.1, -0.05) is 19.1 Å². The number of benzene rings is 1. The fourth-order valence-corrected chi connectivity index (χ4v) is 4.51. The van der Waals surface area contributed by atoms with Crippen LogP contribution >= 0.6 is 0 Å². The van der Waals surface area contributed by atoms with E-state index in [-0.39, 0.29) is 23.4 Å². The van der Waals surface area contributed by atoms with Crippen molar-refractivity contribution in [3.63, 3.8) is 0 Å². The van der Waals surface area contributed by atoms with E-state index in [4.69, 9.17) is 9.47 Å². The number of fused-ring (bicyclic) bond motifs is 1. The molecule has 1 aromatic heterocycles. The zero-order valence-corrected chi connectivity index (χ0v) is 20.0. The van der Waals surface area contributed by atoms with E-state index in [1.165, 1.54) is 24.3 Å². The lowest BCUT2D eigenvalue weighted by Crippen LogP contribution is -2.61. The van der Waals surface area contributed by atoms with Gasteiger partial charge in [0.05, 0.1) is 23.7 Å². The molecule has 1 fully saturated rings. The maximum atomic E-state index is 13.7. The van der Waals surface area contributed by atoms with Crippen molar-refractivity contribution in [2.24, 2.45) is 5.92 Å². The van der Waals surface area contributed by atoms with Gasteiger partial charge in [-0.05, 0) is 57.4 Å². The summed E-state index contributed by atoms with van der Waals surface area (Å²) < 4.78 is 51.7. The molecule has 1 aromatic carbocycles. The molecular formula is C24H30F3N3O4. The molecule has 2 aromatic rings. The molecule has 0 spiro atoms. The maximum Gasteiger partial charge on any atom is 0.418 e. The number of esters is 1. The van der Waals surface area contributed by atoms with Crippen LogP contribution < -0.4 is 5.32 Å². The van der Waals surface area contributed by atoms with Crippen LogP contribution in [-0.4, -0.2) is 54.3 Å². The van der Waals surface area contributed by atoms with Crippen LogP contribution in [0.4, 0.5) is 18.0 Å². The summed E-state index contributed by atoms with van der Waals surface area (Å²) in [6.07, 6.45) is -3.67. The first-order valence-corrected chi connectivity index (χ1v) is 11.0. The Morgan fingerprint density at radius 3 is 2.53 bits per heavy atom. The summed E-state index contributed by atoms with van der Waals surface area (Å²) >= 11 is 0. The molecule has 0 unspecified atom stereocenters. The molecule has 34 heavy (non-hydrogen) atoms. The molecule has 1 aliphatic rings. The minimum absolute atomic E-state index is 0.0466. The van der Waals surface area contributed by atoms with Gasteiger partial charge in [-0.25, -0.2) is 4.79 Å². The van der Waals surface area contributed by atoms with Crippen LogP contribution in [0.5, 0.6) is 0 Å². The average Bonchev–Trinajstić information content (AvgIpc) is 2.74. The number of pyridine rings is 1. The van der Waals surface area contributed by atoms with E-state index >= 15 is 0 Å². The largest absolute Gasteiger partial charge is 0.468 e. The van der Waals surface area contributed by atoms with Crippen LogP contribution in [0, 0.1) is 5.92 Å². The fourth-order valence-electron chi connectivity index (χ4n) is 4.51. The summed E-state index contributed by atoms with van der Waals surface area (Å²) in [5.74, 6) is -0.622. The van der Waals surface area contributed by atoms with Gasteiger partial charge in [0, 0.05) is 18.1 Å². The molecule has 7 nitrogen and oxygen atoms in total. The monoisotopic (exact) mass is 481 g/mol. The minimum Gasteiger partial charge on any atom is -0.468 e. The molecule has 10 heteroatoms. The van der Waals surface area contributed by atoms with Gasteiger partial charge in [0.15, 0.2) is 0 Å². The topological polar surface area (TPSA) is 80.8 Å². The first kappa shape index (κ1) is 25.7. The molecule has 0 bridgehead atoms. The van der Waals surface area contributed by atoms with Crippen LogP contribution in [0.2, 0.25) is 0 Å².